The predicted molar refractivity (Wildman–Crippen MR) is 136 cm³/mol. The van der Waals surface area contributed by atoms with Crippen LogP contribution >= 0.6 is 11.6 Å². The van der Waals surface area contributed by atoms with Gasteiger partial charge in [-0.3, -0.25) is 4.90 Å². The first-order chi connectivity index (χ1) is 17.2. The van der Waals surface area contributed by atoms with Crippen LogP contribution in [0.5, 0.6) is 0 Å². The number of hydrogen-bond acceptors (Lipinski definition) is 6. The normalized spacial score (nSPS) is 13.5. The van der Waals surface area contributed by atoms with Crippen LogP contribution in [0, 0.1) is 0 Å². The molecule has 6 rings (SSSR count). The summed E-state index contributed by atoms with van der Waals surface area (Å²) in [5, 5.41) is 18.6. The van der Waals surface area contributed by atoms with E-state index in [4.69, 9.17) is 11.6 Å². The van der Waals surface area contributed by atoms with Gasteiger partial charge in [-0.1, -0.05) is 59.3 Å². The van der Waals surface area contributed by atoms with Crippen LogP contribution in [0.25, 0.3) is 22.6 Å². The molecule has 0 bridgehead atoms. The van der Waals surface area contributed by atoms with Gasteiger partial charge in [0.05, 0.1) is 23.5 Å². The number of imidazole rings is 1. The smallest absolute Gasteiger partial charge is 0.188 e. The van der Waals surface area contributed by atoms with Gasteiger partial charge in [-0.25, -0.2) is 4.98 Å². The van der Waals surface area contributed by atoms with Gasteiger partial charge in [0, 0.05) is 30.0 Å². The lowest BCUT2D eigenvalue weighted by Crippen LogP contribution is -2.30. The number of aromatic nitrogens is 6. The molecule has 0 aliphatic carbocycles. The fourth-order valence-corrected chi connectivity index (χ4v) is 4.74. The van der Waals surface area contributed by atoms with Crippen molar-refractivity contribution in [2.75, 3.05) is 11.9 Å². The maximum atomic E-state index is 6.57. The number of nitrogens with zero attached hydrogens (tertiary/aromatic N) is 5. The lowest BCUT2D eigenvalue weighted by atomic mass is 9.97. The van der Waals surface area contributed by atoms with Gasteiger partial charge in [0.1, 0.15) is 5.82 Å². The van der Waals surface area contributed by atoms with Gasteiger partial charge in [-0.15, -0.1) is 10.2 Å². The second-order valence-corrected chi connectivity index (χ2v) is 8.97. The molecule has 0 amide bonds. The van der Waals surface area contributed by atoms with E-state index in [9.17, 15) is 0 Å². The Kier molecular flexibility index (Phi) is 5.73. The van der Waals surface area contributed by atoms with E-state index in [1.54, 1.807) is 0 Å². The Morgan fingerprint density at radius 3 is 2.80 bits per heavy atom. The zero-order valence-corrected chi connectivity index (χ0v) is 19.6. The third-order valence-electron chi connectivity index (χ3n) is 6.26. The largest absolute Gasteiger partial charge is 0.355 e. The average molecular weight is 483 g/mol. The maximum absolute atomic E-state index is 6.57. The van der Waals surface area contributed by atoms with Gasteiger partial charge in [0.25, 0.3) is 0 Å². The van der Waals surface area contributed by atoms with E-state index in [2.05, 4.69) is 71.1 Å². The number of tetrazole rings is 1. The van der Waals surface area contributed by atoms with E-state index < -0.39 is 0 Å². The standard InChI is InChI=1S/C26H23ClN8/c27-22-10-9-19(13-21(22)26-28-14-24(30-26)17-5-2-1-3-6-17)29-23-8-4-7-18-15-35(12-11-20(18)23)16-25-31-33-34-32-25/h1-10,13-14,29H,11-12,15-16H2,(H,28,30)(H,31,32,33,34). The lowest BCUT2D eigenvalue weighted by Gasteiger charge is -2.29. The highest BCUT2D eigenvalue weighted by atomic mass is 35.5. The second-order valence-electron chi connectivity index (χ2n) is 8.56. The SMILES string of the molecule is Clc1ccc(Nc2cccc3c2CCN(Cc2nn[nH]n2)C3)cc1-c1ncc(-c2ccccc2)[nH]1. The average Bonchev–Trinajstić information content (AvgIpc) is 3.58. The molecule has 5 aromatic rings. The summed E-state index contributed by atoms with van der Waals surface area (Å²) in [5.74, 6) is 1.45. The fourth-order valence-electron chi connectivity index (χ4n) is 4.53. The fraction of sp³-hybridized carbons (Fsp3) is 0.154. The summed E-state index contributed by atoms with van der Waals surface area (Å²) < 4.78 is 0. The van der Waals surface area contributed by atoms with Crippen molar-refractivity contribution in [2.45, 2.75) is 19.5 Å². The maximum Gasteiger partial charge on any atom is 0.188 e. The molecule has 1 aliphatic heterocycles. The Labute approximate surface area is 207 Å². The van der Waals surface area contributed by atoms with Crippen molar-refractivity contribution < 1.29 is 0 Å². The molecular formula is C26H23ClN8. The van der Waals surface area contributed by atoms with Crippen molar-refractivity contribution in [3.05, 3.63) is 94.9 Å². The quantitative estimate of drug-likeness (QED) is 0.307. The minimum absolute atomic E-state index is 0.650. The number of halogens is 1. The van der Waals surface area contributed by atoms with Gasteiger partial charge in [0.2, 0.25) is 0 Å². The number of aromatic amines is 2. The van der Waals surface area contributed by atoms with Crippen LogP contribution in [-0.2, 0) is 19.5 Å². The Bertz CT molecular complexity index is 1450. The predicted octanol–water partition coefficient (Wildman–Crippen LogP) is 5.21. The van der Waals surface area contributed by atoms with Crippen molar-refractivity contribution in [2.24, 2.45) is 0 Å². The van der Waals surface area contributed by atoms with E-state index in [1.807, 2.05) is 42.6 Å². The van der Waals surface area contributed by atoms with Gasteiger partial charge < -0.3 is 10.3 Å². The monoisotopic (exact) mass is 482 g/mol. The first-order valence-corrected chi connectivity index (χ1v) is 11.8. The first kappa shape index (κ1) is 21.5. The molecule has 8 nitrogen and oxygen atoms in total. The van der Waals surface area contributed by atoms with Crippen LogP contribution in [0.2, 0.25) is 5.02 Å². The highest BCUT2D eigenvalue weighted by Gasteiger charge is 2.20. The van der Waals surface area contributed by atoms with Crippen molar-refractivity contribution >= 4 is 23.0 Å². The van der Waals surface area contributed by atoms with Crippen molar-refractivity contribution in [3.8, 4) is 22.6 Å². The molecule has 3 heterocycles. The van der Waals surface area contributed by atoms with Gasteiger partial charge in [-0.2, -0.15) is 5.21 Å². The molecule has 0 atom stereocenters. The minimum atomic E-state index is 0.650. The second kappa shape index (κ2) is 9.32. The summed E-state index contributed by atoms with van der Waals surface area (Å²) in [7, 11) is 0. The zero-order valence-electron chi connectivity index (χ0n) is 18.9. The number of anilines is 2. The number of H-pyrrole nitrogens is 2. The Morgan fingerprint density at radius 2 is 1.94 bits per heavy atom. The highest BCUT2D eigenvalue weighted by Crippen LogP contribution is 2.33. The molecule has 0 saturated carbocycles. The van der Waals surface area contributed by atoms with Crippen LogP contribution < -0.4 is 5.32 Å². The molecule has 0 unspecified atom stereocenters. The van der Waals surface area contributed by atoms with Crippen LogP contribution in [0.1, 0.15) is 17.0 Å². The lowest BCUT2D eigenvalue weighted by molar-refractivity contribution is 0.240. The summed E-state index contributed by atoms with van der Waals surface area (Å²) >= 11 is 6.57. The zero-order chi connectivity index (χ0) is 23.6. The minimum Gasteiger partial charge on any atom is -0.355 e. The molecule has 0 fully saturated rings. The molecule has 35 heavy (non-hydrogen) atoms. The van der Waals surface area contributed by atoms with Gasteiger partial charge in [0.15, 0.2) is 5.82 Å². The summed E-state index contributed by atoms with van der Waals surface area (Å²) in [4.78, 5) is 10.3. The number of benzene rings is 3. The van der Waals surface area contributed by atoms with Gasteiger partial charge >= 0.3 is 0 Å². The topological polar surface area (TPSA) is 98.4 Å². The number of rotatable bonds is 6. The van der Waals surface area contributed by atoms with E-state index >= 15 is 0 Å². The van der Waals surface area contributed by atoms with Crippen molar-refractivity contribution in [3.63, 3.8) is 0 Å². The number of fused-ring (bicyclic) bond motifs is 1. The van der Waals surface area contributed by atoms with E-state index in [-0.39, 0.29) is 0 Å². The van der Waals surface area contributed by atoms with Crippen LogP contribution in [0.3, 0.4) is 0 Å². The Hall–Kier alpha value is -4.01. The van der Waals surface area contributed by atoms with Crippen LogP contribution in [0.15, 0.2) is 72.9 Å². The van der Waals surface area contributed by atoms with Gasteiger partial charge in [-0.05, 0) is 47.4 Å². The molecule has 0 radical (unpaired) electrons. The third-order valence-corrected chi connectivity index (χ3v) is 6.59. The molecule has 1 aliphatic rings. The number of hydrogen-bond donors (Lipinski definition) is 3. The summed E-state index contributed by atoms with van der Waals surface area (Å²) in [6, 6.07) is 22.5. The molecule has 2 aromatic heterocycles. The Morgan fingerprint density at radius 1 is 1.03 bits per heavy atom. The van der Waals surface area contributed by atoms with E-state index in [1.165, 1.54) is 11.1 Å². The summed E-state index contributed by atoms with van der Waals surface area (Å²) in [5.41, 5.74) is 7.60. The van der Waals surface area contributed by atoms with Crippen molar-refractivity contribution in [1.82, 2.24) is 35.5 Å². The summed E-state index contributed by atoms with van der Waals surface area (Å²) in [6.07, 6.45) is 2.78. The van der Waals surface area contributed by atoms with Crippen LogP contribution in [-0.4, -0.2) is 42.0 Å². The molecular weight excluding hydrogens is 460 g/mol. The number of nitrogens with one attached hydrogen (secondary N) is 3. The molecule has 3 N–H and O–H groups in total. The van der Waals surface area contributed by atoms with E-state index in [0.717, 1.165) is 53.5 Å². The highest BCUT2D eigenvalue weighted by molar-refractivity contribution is 6.33. The molecule has 0 spiro atoms. The molecule has 9 heteroatoms. The molecule has 3 aromatic carbocycles. The summed E-state index contributed by atoms with van der Waals surface area (Å²) in [6.45, 7) is 2.46. The van der Waals surface area contributed by atoms with Crippen molar-refractivity contribution in [1.29, 1.82) is 0 Å². The first-order valence-electron chi connectivity index (χ1n) is 11.5. The van der Waals surface area contributed by atoms with E-state index in [0.29, 0.717) is 17.4 Å². The third kappa shape index (κ3) is 4.53. The Balaban J connectivity index is 1.23. The molecule has 0 saturated heterocycles. The molecule has 174 valence electrons. The van der Waals surface area contributed by atoms with Crippen LogP contribution in [0.4, 0.5) is 11.4 Å².